The summed E-state index contributed by atoms with van der Waals surface area (Å²) < 4.78 is 32.3. The van der Waals surface area contributed by atoms with E-state index in [2.05, 4.69) is 10.3 Å². The number of rotatable bonds is 9. The minimum atomic E-state index is -2.96. The van der Waals surface area contributed by atoms with Gasteiger partial charge in [0.05, 0.1) is 19.2 Å². The van der Waals surface area contributed by atoms with Crippen molar-refractivity contribution in [1.82, 2.24) is 0 Å². The zero-order valence-corrected chi connectivity index (χ0v) is 18.2. The Morgan fingerprint density at radius 2 is 1.61 bits per heavy atom. The third-order valence-electron chi connectivity index (χ3n) is 4.54. The summed E-state index contributed by atoms with van der Waals surface area (Å²) >= 11 is 0. The van der Waals surface area contributed by atoms with Gasteiger partial charge >= 0.3 is 5.97 Å². The van der Waals surface area contributed by atoms with Crippen LogP contribution in [0.2, 0.25) is 0 Å². The Bertz CT molecular complexity index is 982. The number of aryl methyl sites for hydroxylation is 2. The molecule has 0 spiro atoms. The van der Waals surface area contributed by atoms with Crippen molar-refractivity contribution in [1.29, 1.82) is 0 Å². The molecule has 0 unspecified atom stereocenters. The van der Waals surface area contributed by atoms with E-state index in [4.69, 9.17) is 14.4 Å². The Labute approximate surface area is 180 Å². The normalized spacial score (nSPS) is 12.5. The number of hydrogen-bond acceptors (Lipinski definition) is 6. The van der Waals surface area contributed by atoms with E-state index in [1.807, 2.05) is 32.0 Å². The molecule has 0 aliphatic heterocycles. The minimum absolute atomic E-state index is 0.0319. The van der Waals surface area contributed by atoms with Crippen LogP contribution in [0.25, 0.3) is 0 Å². The van der Waals surface area contributed by atoms with Gasteiger partial charge < -0.3 is 14.4 Å². The van der Waals surface area contributed by atoms with Crippen molar-refractivity contribution < 1.29 is 28.0 Å². The second-order valence-corrected chi connectivity index (χ2v) is 7.09. The fraction of sp³-hybridized carbons (Fsp3) is 0.348. The number of methoxy groups -OCH3 is 1. The van der Waals surface area contributed by atoms with Crippen LogP contribution in [-0.2, 0) is 25.8 Å². The molecular formula is C23H26F2N2O4. The molecule has 2 aromatic carbocycles. The molecule has 0 radical (unpaired) electrons. The molecule has 0 fully saturated rings. The lowest BCUT2D eigenvalue weighted by molar-refractivity contribution is -0.132. The van der Waals surface area contributed by atoms with Crippen LogP contribution in [0.4, 0.5) is 8.78 Å². The van der Waals surface area contributed by atoms with E-state index in [-0.39, 0.29) is 18.0 Å². The molecule has 0 atom stereocenters. The summed E-state index contributed by atoms with van der Waals surface area (Å²) in [6.07, 6.45) is -0.572. The maximum Gasteiger partial charge on any atom is 0.360 e. The van der Waals surface area contributed by atoms with Gasteiger partial charge in [0.25, 0.3) is 5.92 Å². The highest BCUT2D eigenvalue weighted by atomic mass is 19.3. The molecular weight excluding hydrogens is 406 g/mol. The van der Waals surface area contributed by atoms with Gasteiger partial charge in [0.1, 0.15) is 13.7 Å². The monoisotopic (exact) mass is 432 g/mol. The predicted molar refractivity (Wildman–Crippen MR) is 114 cm³/mol. The van der Waals surface area contributed by atoms with Gasteiger partial charge in [0, 0.05) is 16.7 Å². The summed E-state index contributed by atoms with van der Waals surface area (Å²) in [5, 5.41) is 7.81. The number of halogens is 2. The lowest BCUT2D eigenvalue weighted by atomic mass is 9.99. The van der Waals surface area contributed by atoms with Crippen molar-refractivity contribution in [2.45, 2.75) is 39.7 Å². The average Bonchev–Trinajstić information content (AvgIpc) is 2.71. The number of benzene rings is 2. The molecule has 0 heterocycles. The fourth-order valence-corrected chi connectivity index (χ4v) is 3.04. The molecule has 2 rings (SSSR count). The Hall–Kier alpha value is -3.29. The van der Waals surface area contributed by atoms with Crippen LogP contribution in [0.3, 0.4) is 0 Å². The summed E-state index contributed by atoms with van der Waals surface area (Å²) in [6.45, 7) is 4.43. The molecule has 166 valence electrons. The van der Waals surface area contributed by atoms with Crippen LogP contribution in [0, 0.1) is 13.8 Å². The number of carbonyl (C=O) groups is 1. The van der Waals surface area contributed by atoms with Crippen LogP contribution < -0.4 is 0 Å². The quantitative estimate of drug-likeness (QED) is 0.324. The summed E-state index contributed by atoms with van der Waals surface area (Å²) in [4.78, 5) is 22.4. The predicted octanol–water partition coefficient (Wildman–Crippen LogP) is 4.79. The highest BCUT2D eigenvalue weighted by Gasteiger charge is 2.26. The zero-order valence-electron chi connectivity index (χ0n) is 18.2. The van der Waals surface area contributed by atoms with Gasteiger partial charge in [0.15, 0.2) is 5.71 Å². The number of esters is 1. The van der Waals surface area contributed by atoms with Gasteiger partial charge in [-0.1, -0.05) is 52.8 Å². The maximum atomic E-state index is 13.8. The Morgan fingerprint density at radius 3 is 2.23 bits per heavy atom. The number of carbonyl (C=O) groups excluding carboxylic acids is 1. The lowest BCUT2D eigenvalue weighted by Gasteiger charge is -2.15. The number of alkyl halides is 2. The zero-order chi connectivity index (χ0) is 23.0. The molecule has 8 heteroatoms. The van der Waals surface area contributed by atoms with E-state index in [1.165, 1.54) is 14.2 Å². The van der Waals surface area contributed by atoms with Gasteiger partial charge in [-0.3, -0.25) is 0 Å². The van der Waals surface area contributed by atoms with E-state index in [0.29, 0.717) is 16.7 Å². The van der Waals surface area contributed by atoms with Crippen molar-refractivity contribution in [2.75, 3.05) is 14.2 Å². The van der Waals surface area contributed by atoms with Gasteiger partial charge in [0.2, 0.25) is 0 Å². The first kappa shape index (κ1) is 24.0. The highest BCUT2D eigenvalue weighted by molar-refractivity contribution is 6.43. The molecule has 0 aliphatic carbocycles. The van der Waals surface area contributed by atoms with Crippen molar-refractivity contribution in [3.8, 4) is 0 Å². The molecule has 0 saturated heterocycles. The van der Waals surface area contributed by atoms with Crippen molar-refractivity contribution in [3.63, 3.8) is 0 Å². The minimum Gasteiger partial charge on any atom is -0.464 e. The Balaban J connectivity index is 2.40. The van der Waals surface area contributed by atoms with Crippen LogP contribution in [0.15, 0.2) is 52.8 Å². The van der Waals surface area contributed by atoms with E-state index in [9.17, 15) is 13.6 Å². The summed E-state index contributed by atoms with van der Waals surface area (Å²) in [5.74, 6) is -3.63. The molecule has 31 heavy (non-hydrogen) atoms. The van der Waals surface area contributed by atoms with Crippen LogP contribution in [-0.4, -0.2) is 37.5 Å². The van der Waals surface area contributed by atoms with Crippen molar-refractivity contribution in [2.24, 2.45) is 10.3 Å². The SMILES string of the molecule is CO/N=C(/C(=O)OC)c1cccc(C)c1CO/N=C(\CC(C)(F)F)c1ccccc1C. The summed E-state index contributed by atoms with van der Waals surface area (Å²) in [6, 6.07) is 12.4. The van der Waals surface area contributed by atoms with Gasteiger partial charge in [-0.15, -0.1) is 0 Å². The van der Waals surface area contributed by atoms with Crippen molar-refractivity contribution >= 4 is 17.4 Å². The molecule has 0 N–H and O–H groups in total. The molecule has 0 saturated carbocycles. The second kappa shape index (κ2) is 10.7. The standard InChI is InChI=1S/C23H26F2N2O4/c1-15-9-6-7-11-17(15)20(13-23(3,24)25)26-31-14-19-16(2)10-8-12-18(19)21(27-30-5)22(28)29-4/h6-12H,13-14H2,1-5H3/b26-20+,27-21+. The molecule has 6 nitrogen and oxygen atoms in total. The van der Waals surface area contributed by atoms with E-state index >= 15 is 0 Å². The molecule has 0 aromatic heterocycles. The number of hydrogen-bond donors (Lipinski definition) is 0. The van der Waals surface area contributed by atoms with Crippen LogP contribution in [0.5, 0.6) is 0 Å². The number of ether oxygens (including phenoxy) is 1. The van der Waals surface area contributed by atoms with Gasteiger partial charge in [-0.05, 0) is 31.9 Å². The van der Waals surface area contributed by atoms with E-state index in [0.717, 1.165) is 18.1 Å². The Kier molecular flexibility index (Phi) is 8.24. The molecule has 0 bridgehead atoms. The Morgan fingerprint density at radius 1 is 0.968 bits per heavy atom. The summed E-state index contributed by atoms with van der Waals surface area (Å²) in [7, 11) is 2.56. The largest absolute Gasteiger partial charge is 0.464 e. The first-order chi connectivity index (χ1) is 14.7. The number of nitrogens with zero attached hydrogens (tertiary/aromatic N) is 2. The maximum absolute atomic E-state index is 13.8. The number of oxime groups is 2. The first-order valence-electron chi connectivity index (χ1n) is 9.59. The first-order valence-corrected chi connectivity index (χ1v) is 9.59. The smallest absolute Gasteiger partial charge is 0.360 e. The van der Waals surface area contributed by atoms with Crippen LogP contribution in [0.1, 0.15) is 41.2 Å². The van der Waals surface area contributed by atoms with E-state index in [1.54, 1.807) is 24.3 Å². The highest BCUT2D eigenvalue weighted by Crippen LogP contribution is 2.23. The van der Waals surface area contributed by atoms with Crippen molar-refractivity contribution in [3.05, 3.63) is 70.3 Å². The third kappa shape index (κ3) is 6.60. The van der Waals surface area contributed by atoms with Gasteiger partial charge in [-0.25, -0.2) is 13.6 Å². The van der Waals surface area contributed by atoms with Gasteiger partial charge in [-0.2, -0.15) is 0 Å². The lowest BCUT2D eigenvalue weighted by Crippen LogP contribution is -2.20. The molecule has 0 amide bonds. The molecule has 0 aliphatic rings. The summed E-state index contributed by atoms with van der Waals surface area (Å²) in [5.41, 5.74) is 3.37. The topological polar surface area (TPSA) is 69.5 Å². The molecule has 2 aromatic rings. The third-order valence-corrected chi connectivity index (χ3v) is 4.54. The average molecular weight is 432 g/mol. The fourth-order valence-electron chi connectivity index (χ4n) is 3.04. The second-order valence-electron chi connectivity index (χ2n) is 7.09. The van der Waals surface area contributed by atoms with E-state index < -0.39 is 18.3 Å². The van der Waals surface area contributed by atoms with Crippen LogP contribution >= 0.6 is 0 Å².